The minimum Gasteiger partial charge on any atom is -0.446 e. The van der Waals surface area contributed by atoms with Crippen molar-refractivity contribution in [1.82, 2.24) is 0 Å². The summed E-state index contributed by atoms with van der Waals surface area (Å²) in [5.41, 5.74) is 1.22. The fraction of sp³-hybridized carbons (Fsp3) is 0.133. The minimum absolute atomic E-state index is 0.502. The first-order chi connectivity index (χ1) is 9.18. The molecule has 0 aliphatic carbocycles. The van der Waals surface area contributed by atoms with Gasteiger partial charge in [0, 0.05) is 5.56 Å². The van der Waals surface area contributed by atoms with Gasteiger partial charge in [-0.05, 0) is 5.56 Å². The SMILES string of the molecule is N=COC(O)(c1ccccc1)C(Cl)c1ccccc1. The maximum Gasteiger partial charge on any atom is 0.256 e. The van der Waals surface area contributed by atoms with E-state index in [1.54, 1.807) is 36.4 Å². The molecule has 0 saturated carbocycles. The Bertz CT molecular complexity index is 532. The molecule has 0 bridgehead atoms. The zero-order valence-electron chi connectivity index (χ0n) is 10.2. The Kier molecular flexibility index (Phi) is 4.20. The van der Waals surface area contributed by atoms with E-state index in [0.29, 0.717) is 12.0 Å². The molecule has 0 aliphatic rings. The van der Waals surface area contributed by atoms with Crippen LogP contribution in [-0.4, -0.2) is 11.5 Å². The van der Waals surface area contributed by atoms with Gasteiger partial charge in [0.15, 0.2) is 6.40 Å². The summed E-state index contributed by atoms with van der Waals surface area (Å²) in [4.78, 5) is 0. The Morgan fingerprint density at radius 3 is 2.11 bits per heavy atom. The quantitative estimate of drug-likeness (QED) is 0.380. The molecule has 2 atom stereocenters. The van der Waals surface area contributed by atoms with Crippen LogP contribution in [-0.2, 0) is 10.5 Å². The molecule has 98 valence electrons. The summed E-state index contributed by atoms with van der Waals surface area (Å²) < 4.78 is 5.10. The summed E-state index contributed by atoms with van der Waals surface area (Å²) in [6.07, 6.45) is 0.700. The number of aliphatic hydroxyl groups is 1. The number of alkyl halides is 1. The third-order valence-corrected chi connectivity index (χ3v) is 3.41. The van der Waals surface area contributed by atoms with Crippen molar-refractivity contribution in [3.63, 3.8) is 0 Å². The van der Waals surface area contributed by atoms with Crippen LogP contribution in [0.5, 0.6) is 0 Å². The molecule has 2 aromatic carbocycles. The van der Waals surface area contributed by atoms with Crippen molar-refractivity contribution in [1.29, 1.82) is 5.41 Å². The van der Waals surface area contributed by atoms with Gasteiger partial charge in [-0.25, -0.2) is 0 Å². The van der Waals surface area contributed by atoms with Crippen LogP contribution in [0.4, 0.5) is 0 Å². The summed E-state index contributed by atoms with van der Waals surface area (Å²) in [7, 11) is 0. The molecule has 0 aromatic heterocycles. The molecule has 0 saturated heterocycles. The van der Waals surface area contributed by atoms with E-state index in [1.165, 1.54) is 0 Å². The highest BCUT2D eigenvalue weighted by atomic mass is 35.5. The molecule has 0 heterocycles. The second-order valence-corrected chi connectivity index (χ2v) is 4.51. The summed E-state index contributed by atoms with van der Waals surface area (Å²) in [6.45, 7) is 0. The first-order valence-corrected chi connectivity index (χ1v) is 6.26. The lowest BCUT2D eigenvalue weighted by atomic mass is 9.97. The van der Waals surface area contributed by atoms with E-state index in [4.69, 9.17) is 21.7 Å². The first-order valence-electron chi connectivity index (χ1n) is 5.82. The van der Waals surface area contributed by atoms with Crippen LogP contribution < -0.4 is 0 Å². The van der Waals surface area contributed by atoms with Gasteiger partial charge < -0.3 is 9.84 Å². The Labute approximate surface area is 116 Å². The molecule has 3 nitrogen and oxygen atoms in total. The van der Waals surface area contributed by atoms with Gasteiger partial charge in [0.25, 0.3) is 5.79 Å². The van der Waals surface area contributed by atoms with E-state index in [9.17, 15) is 5.11 Å². The molecule has 2 unspecified atom stereocenters. The smallest absolute Gasteiger partial charge is 0.256 e. The number of hydrogen-bond acceptors (Lipinski definition) is 3. The van der Waals surface area contributed by atoms with Gasteiger partial charge in [-0.15, -0.1) is 11.6 Å². The monoisotopic (exact) mass is 275 g/mol. The normalized spacial score (nSPS) is 15.3. The fourth-order valence-corrected chi connectivity index (χ4v) is 2.21. The van der Waals surface area contributed by atoms with Crippen molar-refractivity contribution in [2.75, 3.05) is 0 Å². The van der Waals surface area contributed by atoms with Crippen LogP contribution >= 0.6 is 11.6 Å². The molecule has 0 aliphatic heterocycles. The Morgan fingerprint density at radius 2 is 1.58 bits per heavy atom. The summed E-state index contributed by atoms with van der Waals surface area (Å²) in [5.74, 6) is -1.77. The predicted molar refractivity (Wildman–Crippen MR) is 75.2 cm³/mol. The van der Waals surface area contributed by atoms with Crippen molar-refractivity contribution in [2.24, 2.45) is 0 Å². The van der Waals surface area contributed by atoms with E-state index in [2.05, 4.69) is 0 Å². The molecule has 4 heteroatoms. The van der Waals surface area contributed by atoms with Gasteiger partial charge in [-0.2, -0.15) is 0 Å². The maximum atomic E-state index is 10.7. The van der Waals surface area contributed by atoms with Crippen molar-refractivity contribution in [2.45, 2.75) is 11.2 Å². The lowest BCUT2D eigenvalue weighted by Gasteiger charge is -2.31. The topological polar surface area (TPSA) is 53.3 Å². The van der Waals surface area contributed by atoms with Crippen molar-refractivity contribution in [3.8, 4) is 0 Å². The first kappa shape index (κ1) is 13.6. The molecular formula is C15H14ClNO2. The molecule has 2 aromatic rings. The minimum atomic E-state index is -1.77. The van der Waals surface area contributed by atoms with E-state index >= 15 is 0 Å². The number of rotatable bonds is 5. The molecule has 2 N–H and O–H groups in total. The summed E-state index contributed by atoms with van der Waals surface area (Å²) in [5, 5.41) is 17.0. The zero-order chi connectivity index (χ0) is 13.7. The second kappa shape index (κ2) is 5.87. The molecule has 2 rings (SSSR count). The van der Waals surface area contributed by atoms with Crippen LogP contribution in [0.1, 0.15) is 16.5 Å². The van der Waals surface area contributed by atoms with Crippen LogP contribution in [0.3, 0.4) is 0 Å². The van der Waals surface area contributed by atoms with Gasteiger partial charge in [0.2, 0.25) is 0 Å². The van der Waals surface area contributed by atoms with Crippen molar-refractivity contribution < 1.29 is 9.84 Å². The maximum absolute atomic E-state index is 10.7. The Morgan fingerprint density at radius 1 is 1.05 bits per heavy atom. The third kappa shape index (κ3) is 2.78. The second-order valence-electron chi connectivity index (χ2n) is 4.07. The lowest BCUT2D eigenvalue weighted by Crippen LogP contribution is -2.33. The molecule has 19 heavy (non-hydrogen) atoms. The van der Waals surface area contributed by atoms with Gasteiger partial charge >= 0.3 is 0 Å². The molecular weight excluding hydrogens is 262 g/mol. The third-order valence-electron chi connectivity index (χ3n) is 2.86. The summed E-state index contributed by atoms with van der Waals surface area (Å²) in [6, 6.07) is 18.0. The van der Waals surface area contributed by atoms with E-state index in [0.717, 1.165) is 5.56 Å². The predicted octanol–water partition coefficient (Wildman–Crippen LogP) is 3.44. The highest BCUT2D eigenvalue weighted by molar-refractivity contribution is 6.21. The number of hydrogen-bond donors (Lipinski definition) is 2. The van der Waals surface area contributed by atoms with Crippen LogP contribution in [0.25, 0.3) is 0 Å². The fourth-order valence-electron chi connectivity index (χ4n) is 1.89. The van der Waals surface area contributed by atoms with E-state index in [1.807, 2.05) is 24.3 Å². The van der Waals surface area contributed by atoms with Crippen LogP contribution in [0.2, 0.25) is 0 Å². The highest BCUT2D eigenvalue weighted by Crippen LogP contribution is 2.40. The molecule has 0 spiro atoms. The van der Waals surface area contributed by atoms with Gasteiger partial charge in [-0.3, -0.25) is 5.41 Å². The average Bonchev–Trinajstić information content (AvgIpc) is 2.48. The molecule has 0 fully saturated rings. The van der Waals surface area contributed by atoms with Gasteiger partial charge in [-0.1, -0.05) is 60.7 Å². The number of nitrogens with one attached hydrogen (secondary N) is 1. The standard InChI is InChI=1S/C15H14ClNO2/c16-14(12-7-3-1-4-8-12)15(18,19-11-17)13-9-5-2-6-10-13/h1-11,14,17-18H. The van der Waals surface area contributed by atoms with Gasteiger partial charge in [0.05, 0.1) is 0 Å². The van der Waals surface area contributed by atoms with Crippen molar-refractivity contribution in [3.05, 3.63) is 71.8 Å². The summed E-state index contributed by atoms with van der Waals surface area (Å²) >= 11 is 6.35. The highest BCUT2D eigenvalue weighted by Gasteiger charge is 2.40. The van der Waals surface area contributed by atoms with E-state index < -0.39 is 11.2 Å². The number of ether oxygens (including phenoxy) is 1. The molecule has 0 radical (unpaired) electrons. The van der Waals surface area contributed by atoms with Crippen LogP contribution in [0.15, 0.2) is 60.7 Å². The zero-order valence-corrected chi connectivity index (χ0v) is 10.9. The lowest BCUT2D eigenvalue weighted by molar-refractivity contribution is -0.155. The average molecular weight is 276 g/mol. The van der Waals surface area contributed by atoms with E-state index in [-0.39, 0.29) is 0 Å². The Balaban J connectivity index is 2.42. The van der Waals surface area contributed by atoms with Gasteiger partial charge in [0.1, 0.15) is 5.38 Å². The largest absolute Gasteiger partial charge is 0.446 e. The number of benzene rings is 2. The number of halogens is 1. The van der Waals surface area contributed by atoms with Crippen LogP contribution in [0, 0.1) is 5.41 Å². The Hall–Kier alpha value is -1.84. The molecule has 0 amide bonds. The van der Waals surface area contributed by atoms with Crippen molar-refractivity contribution >= 4 is 18.0 Å².